The van der Waals surface area contributed by atoms with E-state index < -0.39 is 0 Å². The maximum absolute atomic E-state index is 11.8. The molecule has 2 aromatic rings. The highest BCUT2D eigenvalue weighted by molar-refractivity contribution is 7.11. The highest BCUT2D eigenvalue weighted by Gasteiger charge is 2.09. The van der Waals surface area contributed by atoms with Crippen molar-refractivity contribution in [1.29, 1.82) is 0 Å². The molecule has 1 amide bonds. The minimum absolute atomic E-state index is 0.0506. The van der Waals surface area contributed by atoms with Crippen molar-refractivity contribution in [3.63, 3.8) is 0 Å². The van der Waals surface area contributed by atoms with Crippen LogP contribution in [-0.2, 0) is 4.79 Å². The first-order valence-electron chi connectivity index (χ1n) is 7.15. The summed E-state index contributed by atoms with van der Waals surface area (Å²) in [6.07, 6.45) is 1.62. The Labute approximate surface area is 134 Å². The van der Waals surface area contributed by atoms with Crippen molar-refractivity contribution in [2.24, 2.45) is 5.10 Å². The second-order valence-electron chi connectivity index (χ2n) is 5.29. The molecule has 4 nitrogen and oxygen atoms in total. The lowest BCUT2D eigenvalue weighted by Crippen LogP contribution is -2.24. The van der Waals surface area contributed by atoms with E-state index in [1.165, 1.54) is 0 Å². The summed E-state index contributed by atoms with van der Waals surface area (Å²) in [5.41, 5.74) is 4.67. The summed E-state index contributed by atoms with van der Waals surface area (Å²) in [5, 5.41) is 5.86. The summed E-state index contributed by atoms with van der Waals surface area (Å²) in [6.45, 7) is 6.15. The molecule has 0 saturated heterocycles. The average Bonchev–Trinajstić information content (AvgIpc) is 2.98. The number of carbonyl (C=O) groups excluding carboxylic acids is 1. The fraction of sp³-hybridized carbons (Fsp3) is 0.294. The van der Waals surface area contributed by atoms with Gasteiger partial charge in [0.25, 0.3) is 5.91 Å². The van der Waals surface area contributed by atoms with E-state index in [4.69, 9.17) is 4.74 Å². The van der Waals surface area contributed by atoms with Crippen LogP contribution in [0.5, 0.6) is 5.75 Å². The Morgan fingerprint density at radius 1 is 1.41 bits per heavy atom. The van der Waals surface area contributed by atoms with Crippen LogP contribution < -0.4 is 10.2 Å². The van der Waals surface area contributed by atoms with Gasteiger partial charge >= 0.3 is 0 Å². The number of nitrogens with zero attached hydrogens (tertiary/aromatic N) is 1. The summed E-state index contributed by atoms with van der Waals surface area (Å²) in [5.74, 6) is 0.826. The molecule has 5 heteroatoms. The zero-order chi connectivity index (χ0) is 15.9. The molecule has 1 N–H and O–H groups in total. The van der Waals surface area contributed by atoms with E-state index >= 15 is 0 Å². The molecule has 1 aromatic carbocycles. The SMILES string of the molecule is Cc1ccc(C(C)C)c(OCC(=O)N/N=C/c2cccs2)c1. The molecule has 1 aromatic heterocycles. The summed E-state index contributed by atoms with van der Waals surface area (Å²) in [7, 11) is 0. The van der Waals surface area contributed by atoms with Crippen LogP contribution in [0, 0.1) is 6.92 Å². The zero-order valence-electron chi connectivity index (χ0n) is 13.0. The van der Waals surface area contributed by atoms with E-state index in [2.05, 4.69) is 24.4 Å². The molecule has 0 fully saturated rings. The van der Waals surface area contributed by atoms with Gasteiger partial charge in [0.15, 0.2) is 6.61 Å². The third kappa shape index (κ3) is 4.70. The maximum Gasteiger partial charge on any atom is 0.277 e. The van der Waals surface area contributed by atoms with Crippen LogP contribution in [0.15, 0.2) is 40.8 Å². The standard InChI is InChI=1S/C17H20N2O2S/c1-12(2)15-7-6-13(3)9-16(15)21-11-17(20)19-18-10-14-5-4-8-22-14/h4-10,12H,11H2,1-3H3,(H,19,20)/b18-10+. The van der Waals surface area contributed by atoms with Gasteiger partial charge in [-0.2, -0.15) is 5.10 Å². The first kappa shape index (κ1) is 16.2. The van der Waals surface area contributed by atoms with Crippen LogP contribution in [-0.4, -0.2) is 18.7 Å². The molecule has 0 radical (unpaired) electrons. The highest BCUT2D eigenvalue weighted by atomic mass is 32.1. The predicted octanol–water partition coefficient (Wildman–Crippen LogP) is 3.71. The normalized spacial score (nSPS) is 11.1. The van der Waals surface area contributed by atoms with E-state index in [1.807, 2.05) is 42.6 Å². The Hall–Kier alpha value is -2.14. The van der Waals surface area contributed by atoms with Gasteiger partial charge in [-0.05, 0) is 41.5 Å². The van der Waals surface area contributed by atoms with Gasteiger partial charge in [0.2, 0.25) is 0 Å². The first-order chi connectivity index (χ1) is 10.6. The molecular formula is C17H20N2O2S. The quantitative estimate of drug-likeness (QED) is 0.652. The summed E-state index contributed by atoms with van der Waals surface area (Å²) in [4.78, 5) is 12.8. The van der Waals surface area contributed by atoms with Crippen LogP contribution >= 0.6 is 11.3 Å². The Balaban J connectivity index is 1.89. The van der Waals surface area contributed by atoms with Gasteiger partial charge < -0.3 is 4.74 Å². The van der Waals surface area contributed by atoms with E-state index in [9.17, 15) is 4.79 Å². The smallest absolute Gasteiger partial charge is 0.277 e. The van der Waals surface area contributed by atoms with Crippen LogP contribution in [0.4, 0.5) is 0 Å². The van der Waals surface area contributed by atoms with Crippen molar-refractivity contribution in [3.8, 4) is 5.75 Å². The summed E-state index contributed by atoms with van der Waals surface area (Å²) < 4.78 is 5.65. The minimum Gasteiger partial charge on any atom is -0.483 e. The van der Waals surface area contributed by atoms with Crippen LogP contribution in [0.3, 0.4) is 0 Å². The van der Waals surface area contributed by atoms with Gasteiger partial charge in [-0.1, -0.05) is 32.0 Å². The second kappa shape index (κ2) is 7.75. The van der Waals surface area contributed by atoms with Crippen LogP contribution in [0.2, 0.25) is 0 Å². The van der Waals surface area contributed by atoms with E-state index in [0.29, 0.717) is 5.92 Å². The first-order valence-corrected chi connectivity index (χ1v) is 8.03. The number of aryl methyl sites for hydroxylation is 1. The number of benzene rings is 1. The number of nitrogens with one attached hydrogen (secondary N) is 1. The van der Waals surface area contributed by atoms with Crippen molar-refractivity contribution < 1.29 is 9.53 Å². The predicted molar refractivity (Wildman–Crippen MR) is 90.8 cm³/mol. The Kier molecular flexibility index (Phi) is 5.72. The Morgan fingerprint density at radius 2 is 2.23 bits per heavy atom. The molecule has 0 saturated carbocycles. The molecule has 22 heavy (non-hydrogen) atoms. The molecule has 0 atom stereocenters. The van der Waals surface area contributed by atoms with Crippen molar-refractivity contribution in [1.82, 2.24) is 5.43 Å². The largest absolute Gasteiger partial charge is 0.483 e. The molecule has 0 bridgehead atoms. The van der Waals surface area contributed by atoms with Crippen molar-refractivity contribution in [2.45, 2.75) is 26.7 Å². The number of rotatable bonds is 6. The molecule has 0 unspecified atom stereocenters. The number of carbonyl (C=O) groups is 1. The Bertz CT molecular complexity index is 649. The zero-order valence-corrected chi connectivity index (χ0v) is 13.8. The molecule has 2 rings (SSSR count). The molecule has 0 aliphatic rings. The number of ether oxygens (including phenoxy) is 1. The number of thiophene rings is 1. The van der Waals surface area contributed by atoms with Gasteiger partial charge in [-0.15, -0.1) is 11.3 Å². The molecule has 0 aliphatic carbocycles. The maximum atomic E-state index is 11.8. The second-order valence-corrected chi connectivity index (χ2v) is 6.27. The summed E-state index contributed by atoms with van der Waals surface area (Å²) >= 11 is 1.56. The lowest BCUT2D eigenvalue weighted by Gasteiger charge is -2.14. The molecular weight excluding hydrogens is 296 g/mol. The van der Waals surface area contributed by atoms with Gasteiger partial charge in [0.1, 0.15) is 5.75 Å². The molecule has 0 spiro atoms. The third-order valence-corrected chi connectivity index (χ3v) is 3.88. The van der Waals surface area contributed by atoms with Gasteiger partial charge in [-0.25, -0.2) is 5.43 Å². The summed E-state index contributed by atoms with van der Waals surface area (Å²) in [6, 6.07) is 9.91. The minimum atomic E-state index is -0.274. The van der Waals surface area contributed by atoms with E-state index in [1.54, 1.807) is 17.6 Å². The number of hydrogen-bond acceptors (Lipinski definition) is 4. The van der Waals surface area contributed by atoms with E-state index in [0.717, 1.165) is 21.8 Å². The molecule has 1 heterocycles. The van der Waals surface area contributed by atoms with Crippen molar-refractivity contribution >= 4 is 23.5 Å². The fourth-order valence-corrected chi connectivity index (χ4v) is 2.54. The van der Waals surface area contributed by atoms with Crippen LogP contribution in [0.25, 0.3) is 0 Å². The molecule has 0 aliphatic heterocycles. The van der Waals surface area contributed by atoms with Crippen LogP contribution in [0.1, 0.15) is 35.8 Å². The lowest BCUT2D eigenvalue weighted by molar-refractivity contribution is -0.123. The topological polar surface area (TPSA) is 50.7 Å². The molecule has 116 valence electrons. The monoisotopic (exact) mass is 316 g/mol. The third-order valence-electron chi connectivity index (χ3n) is 3.07. The lowest BCUT2D eigenvalue weighted by atomic mass is 10.0. The van der Waals surface area contributed by atoms with Gasteiger partial charge in [-0.3, -0.25) is 4.79 Å². The highest BCUT2D eigenvalue weighted by Crippen LogP contribution is 2.27. The number of hydrogen-bond donors (Lipinski definition) is 1. The fourth-order valence-electron chi connectivity index (χ4n) is 1.95. The van der Waals surface area contributed by atoms with Crippen molar-refractivity contribution in [3.05, 3.63) is 51.7 Å². The van der Waals surface area contributed by atoms with E-state index in [-0.39, 0.29) is 12.5 Å². The van der Waals surface area contributed by atoms with Crippen molar-refractivity contribution in [2.75, 3.05) is 6.61 Å². The number of amides is 1. The van der Waals surface area contributed by atoms with Gasteiger partial charge in [0, 0.05) is 4.88 Å². The Morgan fingerprint density at radius 3 is 2.91 bits per heavy atom. The average molecular weight is 316 g/mol. The van der Waals surface area contributed by atoms with Gasteiger partial charge in [0.05, 0.1) is 6.21 Å². The number of hydrazone groups is 1.